The third-order valence-electron chi connectivity index (χ3n) is 2.47. The van der Waals surface area contributed by atoms with Gasteiger partial charge in [-0.2, -0.15) is 0 Å². The molecule has 1 aromatic carbocycles. The van der Waals surface area contributed by atoms with Crippen molar-refractivity contribution >= 4 is 5.78 Å². The van der Waals surface area contributed by atoms with Crippen molar-refractivity contribution < 1.29 is 9.53 Å². The molecule has 3 heteroatoms. The van der Waals surface area contributed by atoms with Crippen LogP contribution in [0.25, 0.3) is 0 Å². The first kappa shape index (κ1) is 9.21. The Hall–Kier alpha value is -1.35. The average molecular weight is 191 g/mol. The second kappa shape index (κ2) is 3.42. The Morgan fingerprint density at radius 2 is 2.14 bits per heavy atom. The maximum absolute atomic E-state index is 11.6. The zero-order chi connectivity index (χ0) is 10.1. The summed E-state index contributed by atoms with van der Waals surface area (Å²) in [6, 6.07) is 5.62. The van der Waals surface area contributed by atoms with Crippen LogP contribution in [0.1, 0.15) is 15.9 Å². The largest absolute Gasteiger partial charge is 0.497 e. The minimum absolute atomic E-state index is 0.191. The summed E-state index contributed by atoms with van der Waals surface area (Å²) in [5.74, 6) is 1.00. The van der Waals surface area contributed by atoms with E-state index in [2.05, 4.69) is 0 Å². The molecule has 3 nitrogen and oxygen atoms in total. The molecule has 14 heavy (non-hydrogen) atoms. The molecule has 1 aliphatic heterocycles. The fourth-order valence-electron chi connectivity index (χ4n) is 1.78. The van der Waals surface area contributed by atoms with E-state index < -0.39 is 0 Å². The summed E-state index contributed by atoms with van der Waals surface area (Å²) in [6.07, 6.45) is 0. The molecular weight excluding hydrogens is 178 g/mol. The van der Waals surface area contributed by atoms with E-state index in [-0.39, 0.29) is 5.78 Å². The number of ether oxygens (including phenoxy) is 1. The number of fused-ring (bicyclic) bond motifs is 1. The molecule has 0 spiro atoms. The number of ketones is 1. The molecule has 0 aliphatic carbocycles. The van der Waals surface area contributed by atoms with Crippen LogP contribution in [0.2, 0.25) is 0 Å². The number of hydrogen-bond acceptors (Lipinski definition) is 3. The number of rotatable bonds is 1. The van der Waals surface area contributed by atoms with Crippen LogP contribution in [-0.2, 0) is 6.54 Å². The van der Waals surface area contributed by atoms with Gasteiger partial charge in [-0.1, -0.05) is 0 Å². The van der Waals surface area contributed by atoms with E-state index in [9.17, 15) is 4.79 Å². The maximum atomic E-state index is 11.6. The lowest BCUT2D eigenvalue weighted by molar-refractivity contribution is 0.0922. The molecule has 0 atom stereocenters. The number of carbonyl (C=O) groups excluding carboxylic acids is 1. The second-order valence-electron chi connectivity index (χ2n) is 3.62. The maximum Gasteiger partial charge on any atom is 0.177 e. The van der Waals surface area contributed by atoms with Crippen molar-refractivity contribution in [3.63, 3.8) is 0 Å². The molecule has 0 saturated heterocycles. The highest BCUT2D eigenvalue weighted by atomic mass is 16.5. The number of benzene rings is 1. The monoisotopic (exact) mass is 191 g/mol. The topological polar surface area (TPSA) is 29.5 Å². The van der Waals surface area contributed by atoms with Crippen LogP contribution >= 0.6 is 0 Å². The number of likely N-dealkylation sites (N-methyl/N-ethyl adjacent to an activating group) is 1. The van der Waals surface area contributed by atoms with Crippen LogP contribution in [-0.4, -0.2) is 31.4 Å². The van der Waals surface area contributed by atoms with Gasteiger partial charge in [0.05, 0.1) is 13.7 Å². The lowest BCUT2D eigenvalue weighted by atomic mass is 9.99. The number of nitrogens with zero attached hydrogens (tertiary/aromatic N) is 1. The first-order valence-electron chi connectivity index (χ1n) is 4.59. The molecule has 0 N–H and O–H groups in total. The molecule has 0 unspecified atom stereocenters. The number of methoxy groups -OCH3 is 1. The van der Waals surface area contributed by atoms with E-state index >= 15 is 0 Å². The van der Waals surface area contributed by atoms with Gasteiger partial charge in [0.25, 0.3) is 0 Å². The zero-order valence-electron chi connectivity index (χ0n) is 8.41. The van der Waals surface area contributed by atoms with Crippen LogP contribution in [0.15, 0.2) is 18.2 Å². The minimum Gasteiger partial charge on any atom is -0.497 e. The Labute approximate surface area is 83.3 Å². The SMILES string of the molecule is COc1ccc2c(c1)CN(C)CC2=O. The fraction of sp³-hybridized carbons (Fsp3) is 0.364. The van der Waals surface area contributed by atoms with Gasteiger partial charge in [0.2, 0.25) is 0 Å². The van der Waals surface area contributed by atoms with Crippen LogP contribution < -0.4 is 4.74 Å². The second-order valence-corrected chi connectivity index (χ2v) is 3.62. The van der Waals surface area contributed by atoms with Gasteiger partial charge in [-0.05, 0) is 30.8 Å². The highest BCUT2D eigenvalue weighted by Gasteiger charge is 2.20. The number of carbonyl (C=O) groups is 1. The molecular formula is C11H13NO2. The molecule has 1 aliphatic rings. The molecule has 74 valence electrons. The summed E-state index contributed by atoms with van der Waals surface area (Å²) >= 11 is 0. The summed E-state index contributed by atoms with van der Waals surface area (Å²) < 4.78 is 5.12. The summed E-state index contributed by atoms with van der Waals surface area (Å²) in [5, 5.41) is 0. The number of hydrogen-bond donors (Lipinski definition) is 0. The Balaban J connectivity index is 2.44. The Morgan fingerprint density at radius 1 is 1.36 bits per heavy atom. The Kier molecular flexibility index (Phi) is 2.25. The predicted molar refractivity (Wildman–Crippen MR) is 53.7 cm³/mol. The van der Waals surface area contributed by atoms with Crippen molar-refractivity contribution in [3.05, 3.63) is 29.3 Å². The van der Waals surface area contributed by atoms with Crippen LogP contribution in [0.3, 0.4) is 0 Å². The first-order valence-corrected chi connectivity index (χ1v) is 4.59. The standard InChI is InChI=1S/C11H13NO2/c1-12-6-8-5-9(14-2)3-4-10(8)11(13)7-12/h3-5H,6-7H2,1-2H3. The highest BCUT2D eigenvalue weighted by molar-refractivity contribution is 6.00. The summed E-state index contributed by atoms with van der Waals surface area (Å²) in [4.78, 5) is 13.6. The van der Waals surface area contributed by atoms with E-state index in [4.69, 9.17) is 4.74 Å². The van der Waals surface area contributed by atoms with Gasteiger partial charge in [0.1, 0.15) is 5.75 Å². The molecule has 2 rings (SSSR count). The Bertz CT molecular complexity index is 374. The van der Waals surface area contributed by atoms with Crippen molar-refractivity contribution in [3.8, 4) is 5.75 Å². The molecule has 0 amide bonds. The lowest BCUT2D eigenvalue weighted by Gasteiger charge is -2.23. The lowest BCUT2D eigenvalue weighted by Crippen LogP contribution is -2.31. The highest BCUT2D eigenvalue weighted by Crippen LogP contribution is 2.22. The average Bonchev–Trinajstić information content (AvgIpc) is 2.16. The molecule has 1 aromatic rings. The van der Waals surface area contributed by atoms with Gasteiger partial charge in [-0.25, -0.2) is 0 Å². The van der Waals surface area contributed by atoms with Crippen LogP contribution in [0, 0.1) is 0 Å². The molecule has 0 radical (unpaired) electrons. The van der Waals surface area contributed by atoms with E-state index in [0.29, 0.717) is 6.54 Å². The molecule has 1 heterocycles. The van der Waals surface area contributed by atoms with Gasteiger partial charge >= 0.3 is 0 Å². The Morgan fingerprint density at radius 3 is 2.86 bits per heavy atom. The van der Waals surface area contributed by atoms with Gasteiger partial charge in [-0.15, -0.1) is 0 Å². The quantitative estimate of drug-likeness (QED) is 0.670. The molecule has 0 bridgehead atoms. The molecule has 0 fully saturated rings. The van der Waals surface area contributed by atoms with Crippen LogP contribution in [0.5, 0.6) is 5.75 Å². The van der Waals surface area contributed by atoms with E-state index in [1.807, 2.05) is 30.1 Å². The summed E-state index contributed by atoms with van der Waals surface area (Å²) in [7, 11) is 3.58. The minimum atomic E-state index is 0.191. The van der Waals surface area contributed by atoms with E-state index in [0.717, 1.165) is 23.4 Å². The zero-order valence-corrected chi connectivity index (χ0v) is 8.41. The number of Topliss-reactive ketones (excluding diaryl/α,β-unsaturated/α-hetero) is 1. The smallest absolute Gasteiger partial charge is 0.177 e. The van der Waals surface area contributed by atoms with E-state index in [1.165, 1.54) is 0 Å². The summed E-state index contributed by atoms with van der Waals surface area (Å²) in [6.45, 7) is 1.33. The van der Waals surface area contributed by atoms with Crippen molar-refractivity contribution in [1.29, 1.82) is 0 Å². The third kappa shape index (κ3) is 1.51. The molecule has 0 saturated carbocycles. The van der Waals surface area contributed by atoms with Gasteiger partial charge < -0.3 is 4.74 Å². The summed E-state index contributed by atoms with van der Waals surface area (Å²) in [5.41, 5.74) is 1.90. The van der Waals surface area contributed by atoms with Crippen molar-refractivity contribution in [2.45, 2.75) is 6.54 Å². The van der Waals surface area contributed by atoms with Gasteiger partial charge in [0, 0.05) is 12.1 Å². The van der Waals surface area contributed by atoms with Gasteiger partial charge in [-0.3, -0.25) is 9.69 Å². The van der Waals surface area contributed by atoms with Crippen LogP contribution in [0.4, 0.5) is 0 Å². The predicted octanol–water partition coefficient (Wildman–Crippen LogP) is 1.32. The van der Waals surface area contributed by atoms with E-state index in [1.54, 1.807) is 7.11 Å². The normalized spacial score (nSPS) is 16.6. The molecule has 0 aromatic heterocycles. The third-order valence-corrected chi connectivity index (χ3v) is 2.47. The fourth-order valence-corrected chi connectivity index (χ4v) is 1.78. The van der Waals surface area contributed by atoms with Crippen molar-refractivity contribution in [2.24, 2.45) is 0 Å². The van der Waals surface area contributed by atoms with Gasteiger partial charge in [0.15, 0.2) is 5.78 Å². The van der Waals surface area contributed by atoms with Crippen molar-refractivity contribution in [2.75, 3.05) is 20.7 Å². The van der Waals surface area contributed by atoms with Crippen molar-refractivity contribution in [1.82, 2.24) is 4.90 Å². The first-order chi connectivity index (χ1) is 6.70.